The molecule has 5 nitrogen and oxygen atoms in total. The van der Waals surface area contributed by atoms with Crippen LogP contribution in [0.4, 0.5) is 5.82 Å². The molecule has 2 heterocycles. The van der Waals surface area contributed by atoms with E-state index in [1.807, 2.05) is 62.4 Å². The fraction of sp³-hybridized carbons (Fsp3) is 0.200. The molecule has 132 valence electrons. The van der Waals surface area contributed by atoms with Crippen LogP contribution in [0.5, 0.6) is 0 Å². The molecule has 0 radical (unpaired) electrons. The summed E-state index contributed by atoms with van der Waals surface area (Å²) in [5.41, 5.74) is 5.34. The second-order valence-electron chi connectivity index (χ2n) is 6.50. The topological polar surface area (TPSA) is 64.0 Å². The molecule has 0 saturated carbocycles. The van der Waals surface area contributed by atoms with Crippen LogP contribution in [0, 0.1) is 13.8 Å². The van der Waals surface area contributed by atoms with Crippen molar-refractivity contribution < 1.29 is 9.00 Å². The number of amides is 1. The van der Waals surface area contributed by atoms with Crippen LogP contribution in [0.3, 0.4) is 0 Å². The molecule has 0 aliphatic carbocycles. The van der Waals surface area contributed by atoms with Crippen molar-refractivity contribution in [1.82, 2.24) is 9.78 Å². The third-order valence-corrected chi connectivity index (χ3v) is 5.88. The number of anilines is 1. The lowest BCUT2D eigenvalue weighted by Gasteiger charge is -2.12. The highest BCUT2D eigenvalue weighted by molar-refractivity contribution is 7.83. The Labute approximate surface area is 154 Å². The van der Waals surface area contributed by atoms with Gasteiger partial charge in [0.2, 0.25) is 0 Å². The first-order valence-electron chi connectivity index (χ1n) is 8.42. The molecule has 0 saturated heterocycles. The van der Waals surface area contributed by atoms with Gasteiger partial charge in [-0.05, 0) is 49.2 Å². The van der Waals surface area contributed by atoms with Crippen LogP contribution in [0.25, 0.3) is 5.69 Å². The van der Waals surface area contributed by atoms with Crippen molar-refractivity contribution in [2.45, 2.75) is 25.4 Å². The molecule has 1 atom stereocenters. The Morgan fingerprint density at radius 2 is 1.85 bits per heavy atom. The van der Waals surface area contributed by atoms with E-state index in [0.29, 0.717) is 22.9 Å². The van der Waals surface area contributed by atoms with E-state index in [2.05, 4.69) is 10.4 Å². The maximum absolute atomic E-state index is 12.8. The molecule has 0 bridgehead atoms. The van der Waals surface area contributed by atoms with E-state index >= 15 is 0 Å². The zero-order chi connectivity index (χ0) is 18.3. The molecule has 3 aromatic rings. The molecule has 26 heavy (non-hydrogen) atoms. The van der Waals surface area contributed by atoms with Crippen LogP contribution >= 0.6 is 0 Å². The second kappa shape index (κ2) is 6.53. The lowest BCUT2D eigenvalue weighted by Crippen LogP contribution is -2.16. The quantitative estimate of drug-likeness (QED) is 0.773. The molecule has 1 aliphatic heterocycles. The summed E-state index contributed by atoms with van der Waals surface area (Å²) in [4.78, 5) is 12.8. The third kappa shape index (κ3) is 2.97. The lowest BCUT2D eigenvalue weighted by atomic mass is 10.1. The molecular weight excluding hydrogens is 346 g/mol. The largest absolute Gasteiger partial charge is 0.306 e. The number of benzene rings is 2. The summed E-state index contributed by atoms with van der Waals surface area (Å²) in [5.74, 6) is 1.28. The first-order valence-corrected chi connectivity index (χ1v) is 9.91. The van der Waals surface area contributed by atoms with Crippen LogP contribution in [-0.4, -0.2) is 19.9 Å². The monoisotopic (exact) mass is 365 g/mol. The molecule has 2 aromatic carbocycles. The molecule has 4 rings (SSSR count). The van der Waals surface area contributed by atoms with Crippen molar-refractivity contribution in [2.24, 2.45) is 0 Å². The highest BCUT2D eigenvalue weighted by Crippen LogP contribution is 2.31. The number of rotatable bonds is 3. The van der Waals surface area contributed by atoms with Crippen molar-refractivity contribution >= 4 is 22.5 Å². The number of aryl methyl sites for hydroxylation is 2. The predicted molar refractivity (Wildman–Crippen MR) is 103 cm³/mol. The molecule has 0 unspecified atom stereocenters. The summed E-state index contributed by atoms with van der Waals surface area (Å²) in [6.45, 7) is 4.00. The summed E-state index contributed by atoms with van der Waals surface area (Å²) in [7, 11) is -0.956. The standard InChI is InChI=1S/C20H19N3O2S/c1-13-8-9-15(10-14(13)2)20(24)21-19-17-11-26(25)12-18(17)22-23(19)16-6-4-3-5-7-16/h3-10H,11-12H2,1-2H3,(H,21,24)/t26-/m0/s1. The number of nitrogens with zero attached hydrogens (tertiary/aromatic N) is 2. The van der Waals surface area contributed by atoms with Crippen molar-refractivity contribution in [2.75, 3.05) is 5.32 Å². The molecular formula is C20H19N3O2S. The van der Waals surface area contributed by atoms with E-state index in [-0.39, 0.29) is 5.91 Å². The number of aromatic nitrogens is 2. The van der Waals surface area contributed by atoms with E-state index < -0.39 is 10.8 Å². The molecule has 0 spiro atoms. The number of carbonyl (C=O) groups excluding carboxylic acids is 1. The Bertz CT molecular complexity index is 1030. The van der Waals surface area contributed by atoms with Crippen LogP contribution in [-0.2, 0) is 22.3 Å². The Morgan fingerprint density at radius 3 is 2.58 bits per heavy atom. The lowest BCUT2D eigenvalue weighted by molar-refractivity contribution is 0.102. The van der Waals surface area contributed by atoms with E-state index in [0.717, 1.165) is 28.1 Å². The summed E-state index contributed by atoms with van der Waals surface area (Å²) in [5, 5.41) is 7.60. The Kier molecular flexibility index (Phi) is 4.20. The highest BCUT2D eigenvalue weighted by atomic mass is 32.2. The third-order valence-electron chi connectivity index (χ3n) is 4.67. The minimum atomic E-state index is -0.956. The fourth-order valence-electron chi connectivity index (χ4n) is 3.07. The number of nitrogens with one attached hydrogen (secondary N) is 1. The van der Waals surface area contributed by atoms with Gasteiger partial charge < -0.3 is 5.32 Å². The Morgan fingerprint density at radius 1 is 1.08 bits per heavy atom. The van der Waals surface area contributed by atoms with E-state index in [9.17, 15) is 9.00 Å². The van der Waals surface area contributed by atoms with Gasteiger partial charge in [0, 0.05) is 21.9 Å². The van der Waals surface area contributed by atoms with Gasteiger partial charge in [-0.1, -0.05) is 24.3 Å². The maximum Gasteiger partial charge on any atom is 0.256 e. The van der Waals surface area contributed by atoms with Crippen LogP contribution < -0.4 is 5.32 Å². The van der Waals surface area contributed by atoms with Crippen LogP contribution in [0.2, 0.25) is 0 Å². The average Bonchev–Trinajstić information content (AvgIpc) is 3.15. The van der Waals surface area contributed by atoms with Gasteiger partial charge >= 0.3 is 0 Å². The van der Waals surface area contributed by atoms with Gasteiger partial charge in [0.25, 0.3) is 5.91 Å². The molecule has 1 amide bonds. The molecule has 0 fully saturated rings. The van der Waals surface area contributed by atoms with E-state index in [1.54, 1.807) is 4.68 Å². The summed E-state index contributed by atoms with van der Waals surface area (Å²) < 4.78 is 13.7. The minimum absolute atomic E-state index is 0.189. The first-order chi connectivity index (χ1) is 12.5. The van der Waals surface area contributed by atoms with Gasteiger partial charge in [0.05, 0.1) is 22.9 Å². The van der Waals surface area contributed by atoms with Gasteiger partial charge in [-0.15, -0.1) is 0 Å². The number of para-hydroxylation sites is 1. The normalized spacial score (nSPS) is 15.7. The van der Waals surface area contributed by atoms with Crippen LogP contribution in [0.15, 0.2) is 48.5 Å². The zero-order valence-corrected chi connectivity index (χ0v) is 15.5. The number of fused-ring (bicyclic) bond motifs is 1. The maximum atomic E-state index is 12.8. The number of hydrogen-bond donors (Lipinski definition) is 1. The molecule has 6 heteroatoms. The van der Waals surface area contributed by atoms with Crippen molar-refractivity contribution in [3.8, 4) is 5.69 Å². The highest BCUT2D eigenvalue weighted by Gasteiger charge is 2.28. The smallest absolute Gasteiger partial charge is 0.256 e. The van der Waals surface area contributed by atoms with Crippen LogP contribution in [0.1, 0.15) is 32.7 Å². The SMILES string of the molecule is Cc1ccc(C(=O)Nc2c3c(nn2-c2ccccc2)C[S@@](=O)C3)cc1C. The van der Waals surface area contributed by atoms with Gasteiger partial charge in [0.15, 0.2) is 0 Å². The summed E-state index contributed by atoms with van der Waals surface area (Å²) in [6, 6.07) is 15.3. The van der Waals surface area contributed by atoms with Crippen molar-refractivity contribution in [3.05, 3.63) is 76.5 Å². The molecule has 1 aromatic heterocycles. The summed E-state index contributed by atoms with van der Waals surface area (Å²) in [6.07, 6.45) is 0. The number of hydrogen-bond acceptors (Lipinski definition) is 3. The minimum Gasteiger partial charge on any atom is -0.306 e. The van der Waals surface area contributed by atoms with E-state index in [4.69, 9.17) is 0 Å². The van der Waals surface area contributed by atoms with Gasteiger partial charge in [-0.2, -0.15) is 5.10 Å². The molecule has 1 aliphatic rings. The van der Waals surface area contributed by atoms with Gasteiger partial charge in [-0.3, -0.25) is 9.00 Å². The number of carbonyl (C=O) groups is 1. The Balaban J connectivity index is 1.74. The molecule has 1 N–H and O–H groups in total. The van der Waals surface area contributed by atoms with Crippen molar-refractivity contribution in [3.63, 3.8) is 0 Å². The van der Waals surface area contributed by atoms with Crippen molar-refractivity contribution in [1.29, 1.82) is 0 Å². The summed E-state index contributed by atoms with van der Waals surface area (Å²) >= 11 is 0. The predicted octanol–water partition coefficient (Wildman–Crippen LogP) is 3.50. The zero-order valence-electron chi connectivity index (χ0n) is 14.7. The Hall–Kier alpha value is -2.73. The van der Waals surface area contributed by atoms with Gasteiger partial charge in [0.1, 0.15) is 5.82 Å². The van der Waals surface area contributed by atoms with E-state index in [1.165, 1.54) is 0 Å². The first kappa shape index (κ1) is 16.7. The fourth-order valence-corrected chi connectivity index (χ4v) is 4.34. The average molecular weight is 365 g/mol. The second-order valence-corrected chi connectivity index (χ2v) is 7.96. The van der Waals surface area contributed by atoms with Gasteiger partial charge in [-0.25, -0.2) is 4.68 Å².